The van der Waals surface area contributed by atoms with Crippen LogP contribution >= 0.6 is 0 Å². The van der Waals surface area contributed by atoms with E-state index >= 15 is 0 Å². The van der Waals surface area contributed by atoms with Crippen LogP contribution in [0, 0.1) is 5.41 Å². The largest absolute Gasteiger partial charge is 0.481 e. The Hall–Kier alpha value is -2.91. The van der Waals surface area contributed by atoms with E-state index in [1.54, 1.807) is 0 Å². The molecule has 1 saturated heterocycles. The van der Waals surface area contributed by atoms with Gasteiger partial charge in [0.05, 0.1) is 18.7 Å². The minimum absolute atomic E-state index is 0.0826. The van der Waals surface area contributed by atoms with Gasteiger partial charge < -0.3 is 24.8 Å². The lowest BCUT2D eigenvalue weighted by atomic mass is 9.62. The summed E-state index contributed by atoms with van der Waals surface area (Å²) in [6.45, 7) is 6.21. The molecule has 5 rings (SSSR count). The first-order chi connectivity index (χ1) is 17.2. The number of hydrogen-bond donors (Lipinski definition) is 3. The number of aromatic nitrogens is 1. The van der Waals surface area contributed by atoms with Gasteiger partial charge in [0.1, 0.15) is 0 Å². The summed E-state index contributed by atoms with van der Waals surface area (Å²) in [4.78, 5) is 35.6. The molecule has 36 heavy (non-hydrogen) atoms. The lowest BCUT2D eigenvalue weighted by Gasteiger charge is -2.57. The number of methoxy groups -OCH3 is 1. The van der Waals surface area contributed by atoms with Crippen molar-refractivity contribution in [3.8, 4) is 0 Å². The van der Waals surface area contributed by atoms with Crippen LogP contribution in [-0.4, -0.2) is 64.3 Å². The van der Waals surface area contributed by atoms with Crippen molar-refractivity contribution in [2.45, 2.75) is 70.6 Å². The summed E-state index contributed by atoms with van der Waals surface area (Å²) >= 11 is 0. The monoisotopic (exact) mass is 499 g/mol. The van der Waals surface area contributed by atoms with Gasteiger partial charge >= 0.3 is 11.9 Å². The fourth-order valence-corrected chi connectivity index (χ4v) is 6.60. The second kappa shape index (κ2) is 10.2. The number of carbonyl (C=O) groups excluding carboxylic acids is 2. The quantitative estimate of drug-likeness (QED) is 0.413. The SMILES string of the molecule is CC(=O)NCCCC(=O)O.CC[C@]12CCCN3CCc4c(n(c5ccccc45)[C@@](O)(C(=O)OC)C1)[C@@H]32. The van der Waals surface area contributed by atoms with Crippen molar-refractivity contribution in [3.05, 3.63) is 35.5 Å². The van der Waals surface area contributed by atoms with Crippen molar-refractivity contribution in [2.75, 3.05) is 26.7 Å². The molecule has 3 N–H and O–H groups in total. The number of benzene rings is 1. The molecule has 0 radical (unpaired) electrons. The number of aliphatic carboxylic acids is 1. The predicted molar refractivity (Wildman–Crippen MR) is 134 cm³/mol. The molecule has 3 atom stereocenters. The molecule has 1 amide bonds. The fraction of sp³-hybridized carbons (Fsp3) is 0.593. The van der Waals surface area contributed by atoms with Crippen LogP contribution in [0.25, 0.3) is 10.9 Å². The highest BCUT2D eigenvalue weighted by atomic mass is 16.5. The molecule has 0 bridgehead atoms. The van der Waals surface area contributed by atoms with Gasteiger partial charge in [-0.05, 0) is 55.7 Å². The van der Waals surface area contributed by atoms with Gasteiger partial charge in [0.25, 0.3) is 0 Å². The van der Waals surface area contributed by atoms with E-state index in [2.05, 4.69) is 23.2 Å². The van der Waals surface area contributed by atoms with Crippen molar-refractivity contribution in [1.29, 1.82) is 0 Å². The van der Waals surface area contributed by atoms with Crippen LogP contribution in [0.5, 0.6) is 0 Å². The Morgan fingerprint density at radius 2 is 1.97 bits per heavy atom. The van der Waals surface area contributed by atoms with Crippen LogP contribution in [0.2, 0.25) is 0 Å². The van der Waals surface area contributed by atoms with Gasteiger partial charge in [-0.15, -0.1) is 0 Å². The number of aliphatic hydroxyl groups is 1. The molecule has 1 aromatic heterocycles. The van der Waals surface area contributed by atoms with Gasteiger partial charge in [0.2, 0.25) is 11.6 Å². The molecule has 0 spiro atoms. The number of carbonyl (C=O) groups is 3. The first-order valence-electron chi connectivity index (χ1n) is 12.8. The van der Waals surface area contributed by atoms with Crippen LogP contribution < -0.4 is 5.32 Å². The maximum atomic E-state index is 12.8. The lowest BCUT2D eigenvalue weighted by Crippen LogP contribution is -2.60. The standard InChI is InChI=1S/C21H26N2O3.C6H11NO3/c1-3-20-10-6-11-22-12-9-15-14-7-4-5-8-16(14)23(17(15)18(20)22)21(25,13-20)19(24)26-2;1-5(8)7-4-2-3-6(9)10/h4-5,7-8,18,25H,3,6,9-13H2,1-2H3;2-4H2,1H3,(H,7,8)(H,9,10)/t18-,20+,21+;/m1./s1. The molecule has 0 aliphatic carbocycles. The van der Waals surface area contributed by atoms with E-state index in [1.807, 2.05) is 22.8 Å². The Bertz CT molecular complexity index is 1140. The molecule has 0 saturated carbocycles. The van der Waals surface area contributed by atoms with Crippen LogP contribution in [-0.2, 0) is 31.3 Å². The van der Waals surface area contributed by atoms with E-state index in [4.69, 9.17) is 9.84 Å². The molecule has 196 valence electrons. The third-order valence-corrected chi connectivity index (χ3v) is 8.12. The Kier molecular flexibility index (Phi) is 7.43. The van der Waals surface area contributed by atoms with E-state index in [0.717, 1.165) is 50.0 Å². The number of carboxylic acids is 1. The average Bonchev–Trinajstić information content (AvgIpc) is 3.21. The van der Waals surface area contributed by atoms with Crippen LogP contribution in [0.1, 0.15) is 69.7 Å². The summed E-state index contributed by atoms with van der Waals surface area (Å²) in [7, 11) is 1.37. The molecule has 9 nitrogen and oxygen atoms in total. The summed E-state index contributed by atoms with van der Waals surface area (Å²) in [5.41, 5.74) is 1.69. The zero-order valence-corrected chi connectivity index (χ0v) is 21.4. The Labute approximate surface area is 211 Å². The number of para-hydroxylation sites is 1. The predicted octanol–water partition coefficient (Wildman–Crippen LogP) is 2.94. The summed E-state index contributed by atoms with van der Waals surface area (Å²) in [5, 5.41) is 23.6. The number of carboxylic acid groups (broad SMARTS) is 1. The lowest BCUT2D eigenvalue weighted by molar-refractivity contribution is -0.194. The highest BCUT2D eigenvalue weighted by molar-refractivity contribution is 5.90. The van der Waals surface area contributed by atoms with E-state index in [0.29, 0.717) is 19.4 Å². The molecule has 9 heteroatoms. The van der Waals surface area contributed by atoms with Gasteiger partial charge in [-0.3, -0.25) is 14.5 Å². The molecule has 0 unspecified atom stereocenters. The van der Waals surface area contributed by atoms with E-state index in [-0.39, 0.29) is 23.8 Å². The van der Waals surface area contributed by atoms with Crippen molar-refractivity contribution >= 4 is 28.7 Å². The van der Waals surface area contributed by atoms with Gasteiger partial charge in [-0.1, -0.05) is 25.1 Å². The van der Waals surface area contributed by atoms with E-state index < -0.39 is 17.7 Å². The second-order valence-electron chi connectivity index (χ2n) is 10.2. The van der Waals surface area contributed by atoms with Crippen molar-refractivity contribution in [1.82, 2.24) is 14.8 Å². The first-order valence-corrected chi connectivity index (χ1v) is 12.8. The number of esters is 1. The fourth-order valence-electron chi connectivity index (χ4n) is 6.60. The Morgan fingerprint density at radius 1 is 1.22 bits per heavy atom. The van der Waals surface area contributed by atoms with E-state index in [9.17, 15) is 19.5 Å². The average molecular weight is 500 g/mol. The number of hydrogen-bond acceptors (Lipinski definition) is 6. The molecule has 3 aliphatic rings. The number of nitrogens with zero attached hydrogens (tertiary/aromatic N) is 2. The maximum Gasteiger partial charge on any atom is 0.359 e. The Morgan fingerprint density at radius 3 is 2.64 bits per heavy atom. The number of rotatable bonds is 6. The third-order valence-electron chi connectivity index (χ3n) is 8.12. The number of fused-ring (bicyclic) bond motifs is 3. The Balaban J connectivity index is 0.000000261. The van der Waals surface area contributed by atoms with Crippen molar-refractivity contribution < 1.29 is 29.3 Å². The smallest absolute Gasteiger partial charge is 0.359 e. The molecular weight excluding hydrogens is 462 g/mol. The normalized spacial score (nSPS) is 26.4. The van der Waals surface area contributed by atoms with Gasteiger partial charge in [0, 0.05) is 43.9 Å². The number of ether oxygens (including phenoxy) is 1. The van der Waals surface area contributed by atoms with Gasteiger partial charge in [0.15, 0.2) is 0 Å². The molecule has 3 aliphatic heterocycles. The summed E-state index contributed by atoms with van der Waals surface area (Å²) in [6, 6.07) is 8.45. The van der Waals surface area contributed by atoms with E-state index in [1.165, 1.54) is 25.0 Å². The van der Waals surface area contributed by atoms with Gasteiger partial charge in [-0.25, -0.2) is 4.79 Å². The molecular formula is C27H37N3O6. The maximum absolute atomic E-state index is 12.8. The van der Waals surface area contributed by atoms with Crippen LogP contribution in [0.4, 0.5) is 0 Å². The summed E-state index contributed by atoms with van der Waals surface area (Å²) in [6.07, 6.45) is 5.12. The highest BCUT2D eigenvalue weighted by Gasteiger charge is 2.60. The molecule has 1 aromatic carbocycles. The van der Waals surface area contributed by atoms with Crippen molar-refractivity contribution in [2.24, 2.45) is 5.41 Å². The molecule has 2 aromatic rings. The number of nitrogens with one attached hydrogen (secondary N) is 1. The highest BCUT2D eigenvalue weighted by Crippen LogP contribution is 2.60. The minimum Gasteiger partial charge on any atom is -0.481 e. The van der Waals surface area contributed by atoms with Crippen LogP contribution in [0.3, 0.4) is 0 Å². The second-order valence-corrected chi connectivity index (χ2v) is 10.2. The molecule has 4 heterocycles. The first kappa shape index (κ1) is 26.2. The van der Waals surface area contributed by atoms with Crippen LogP contribution in [0.15, 0.2) is 24.3 Å². The van der Waals surface area contributed by atoms with Crippen molar-refractivity contribution in [3.63, 3.8) is 0 Å². The zero-order chi connectivity index (χ0) is 26.1. The zero-order valence-electron chi connectivity index (χ0n) is 21.4. The number of piperidine rings is 1. The summed E-state index contributed by atoms with van der Waals surface area (Å²) in [5.74, 6) is -1.49. The van der Waals surface area contributed by atoms with Gasteiger partial charge in [-0.2, -0.15) is 0 Å². The molecule has 1 fully saturated rings. The third kappa shape index (κ3) is 4.39. The number of amides is 1. The minimum atomic E-state index is -1.63. The topological polar surface area (TPSA) is 121 Å². The summed E-state index contributed by atoms with van der Waals surface area (Å²) < 4.78 is 7.01.